The summed E-state index contributed by atoms with van der Waals surface area (Å²) in [5, 5.41) is 3.24. The van der Waals surface area contributed by atoms with Crippen LogP contribution in [0.2, 0.25) is 0 Å². The van der Waals surface area contributed by atoms with Crippen molar-refractivity contribution < 1.29 is 9.59 Å². The number of para-hydroxylation sites is 1. The van der Waals surface area contributed by atoms with E-state index >= 15 is 0 Å². The molecule has 4 heteroatoms. The molecule has 1 atom stereocenters. The van der Waals surface area contributed by atoms with Gasteiger partial charge in [-0.25, -0.2) is 0 Å². The maximum Gasteiger partial charge on any atom is 0.227 e. The summed E-state index contributed by atoms with van der Waals surface area (Å²) in [5.74, 6) is 0.623. The molecule has 0 bridgehead atoms. The summed E-state index contributed by atoms with van der Waals surface area (Å²) in [6, 6.07) is 8.15. The summed E-state index contributed by atoms with van der Waals surface area (Å²) >= 11 is 0. The number of hydrogen-bond donors (Lipinski definition) is 1. The maximum absolute atomic E-state index is 12.8. The molecule has 0 unspecified atom stereocenters. The van der Waals surface area contributed by atoms with Crippen LogP contribution in [0.25, 0.3) is 0 Å². The SMILES string of the molecule is CCC(C)(C)C1CCC(NC(=O)[C@@H]2CC(=O)N(c3ccccc3C)C2)CC1. The van der Waals surface area contributed by atoms with Crippen LogP contribution in [0, 0.1) is 24.2 Å². The highest BCUT2D eigenvalue weighted by molar-refractivity contribution is 6.00. The zero-order valence-electron chi connectivity index (χ0n) is 17.3. The highest BCUT2D eigenvalue weighted by Crippen LogP contribution is 2.40. The third-order valence-corrected chi connectivity index (χ3v) is 6.99. The summed E-state index contributed by atoms with van der Waals surface area (Å²) in [6.07, 6.45) is 6.01. The number of hydrogen-bond acceptors (Lipinski definition) is 2. The molecular formula is C23H34N2O2. The van der Waals surface area contributed by atoms with Crippen LogP contribution >= 0.6 is 0 Å². The molecule has 1 aliphatic heterocycles. The van der Waals surface area contributed by atoms with Gasteiger partial charge in [0.2, 0.25) is 11.8 Å². The summed E-state index contributed by atoms with van der Waals surface area (Å²) < 4.78 is 0. The molecule has 2 fully saturated rings. The Balaban J connectivity index is 1.54. The molecule has 2 amide bonds. The Bertz CT molecular complexity index is 689. The van der Waals surface area contributed by atoms with Gasteiger partial charge in [0.1, 0.15) is 0 Å². The molecule has 4 nitrogen and oxygen atoms in total. The van der Waals surface area contributed by atoms with E-state index in [-0.39, 0.29) is 23.8 Å². The molecule has 1 aromatic carbocycles. The molecule has 2 aliphatic rings. The molecule has 148 valence electrons. The Kier molecular flexibility index (Phi) is 5.92. The van der Waals surface area contributed by atoms with Gasteiger partial charge in [0, 0.05) is 24.7 Å². The van der Waals surface area contributed by atoms with E-state index in [4.69, 9.17) is 0 Å². The highest BCUT2D eigenvalue weighted by atomic mass is 16.2. The van der Waals surface area contributed by atoms with Crippen molar-refractivity contribution in [2.45, 2.75) is 72.3 Å². The van der Waals surface area contributed by atoms with E-state index < -0.39 is 0 Å². The van der Waals surface area contributed by atoms with Crippen molar-refractivity contribution in [1.29, 1.82) is 0 Å². The third kappa shape index (κ3) is 4.36. The Hall–Kier alpha value is -1.84. The number of nitrogens with zero attached hydrogens (tertiary/aromatic N) is 1. The van der Waals surface area contributed by atoms with Gasteiger partial charge in [-0.05, 0) is 55.6 Å². The minimum Gasteiger partial charge on any atom is -0.353 e. The smallest absolute Gasteiger partial charge is 0.227 e. The van der Waals surface area contributed by atoms with Crippen LogP contribution in [0.5, 0.6) is 0 Å². The van der Waals surface area contributed by atoms with E-state index in [2.05, 4.69) is 26.1 Å². The van der Waals surface area contributed by atoms with Crippen molar-refractivity contribution in [2.24, 2.45) is 17.3 Å². The second-order valence-corrected chi connectivity index (χ2v) is 9.09. The third-order valence-electron chi connectivity index (χ3n) is 6.99. The van der Waals surface area contributed by atoms with Crippen LogP contribution in [0.3, 0.4) is 0 Å². The number of carbonyl (C=O) groups excluding carboxylic acids is 2. The van der Waals surface area contributed by atoms with Gasteiger partial charge in [-0.2, -0.15) is 0 Å². The van der Waals surface area contributed by atoms with E-state index in [1.54, 1.807) is 4.90 Å². The van der Waals surface area contributed by atoms with E-state index in [0.717, 1.165) is 30.0 Å². The maximum atomic E-state index is 12.8. The summed E-state index contributed by atoms with van der Waals surface area (Å²) in [4.78, 5) is 27.0. The first-order chi connectivity index (χ1) is 12.8. The molecule has 0 radical (unpaired) electrons. The number of anilines is 1. The highest BCUT2D eigenvalue weighted by Gasteiger charge is 2.37. The Labute approximate surface area is 163 Å². The molecule has 1 N–H and O–H groups in total. The van der Waals surface area contributed by atoms with Gasteiger partial charge in [0.15, 0.2) is 0 Å². The van der Waals surface area contributed by atoms with Gasteiger partial charge < -0.3 is 10.2 Å². The monoisotopic (exact) mass is 370 g/mol. The first-order valence-electron chi connectivity index (χ1n) is 10.5. The van der Waals surface area contributed by atoms with E-state index in [0.29, 0.717) is 18.4 Å². The predicted molar refractivity (Wildman–Crippen MR) is 110 cm³/mol. The molecule has 1 aliphatic carbocycles. The molecule has 1 heterocycles. The Morgan fingerprint density at radius 3 is 2.48 bits per heavy atom. The van der Waals surface area contributed by atoms with Gasteiger partial charge in [-0.15, -0.1) is 0 Å². The number of amides is 2. The number of aryl methyl sites for hydroxylation is 1. The van der Waals surface area contributed by atoms with Crippen LogP contribution in [0.4, 0.5) is 5.69 Å². The van der Waals surface area contributed by atoms with Crippen LogP contribution in [0.15, 0.2) is 24.3 Å². The second-order valence-electron chi connectivity index (χ2n) is 9.09. The lowest BCUT2D eigenvalue weighted by Gasteiger charge is -2.39. The van der Waals surface area contributed by atoms with Crippen molar-refractivity contribution in [3.8, 4) is 0 Å². The number of carbonyl (C=O) groups is 2. The standard InChI is InChI=1S/C23H34N2O2/c1-5-23(3,4)18-10-12-19(13-11-18)24-22(27)17-14-21(26)25(15-17)20-9-7-6-8-16(20)2/h6-9,17-19H,5,10-15H2,1-4H3,(H,24,27)/t17-,18?,19?/m1/s1. The summed E-state index contributed by atoms with van der Waals surface area (Å²) in [6.45, 7) is 9.49. The molecule has 0 spiro atoms. The van der Waals surface area contributed by atoms with Crippen molar-refractivity contribution in [3.05, 3.63) is 29.8 Å². The van der Waals surface area contributed by atoms with Gasteiger partial charge in [-0.3, -0.25) is 9.59 Å². The lowest BCUT2D eigenvalue weighted by atomic mass is 9.69. The fourth-order valence-electron chi connectivity index (χ4n) is 4.61. The van der Waals surface area contributed by atoms with Crippen molar-refractivity contribution in [1.82, 2.24) is 5.32 Å². The minimum atomic E-state index is -0.234. The molecule has 3 rings (SSSR count). The van der Waals surface area contributed by atoms with Gasteiger partial charge in [0.25, 0.3) is 0 Å². The molecule has 27 heavy (non-hydrogen) atoms. The zero-order chi connectivity index (χ0) is 19.6. The van der Waals surface area contributed by atoms with Crippen molar-refractivity contribution >= 4 is 17.5 Å². The average Bonchev–Trinajstić information content (AvgIpc) is 3.04. The second kappa shape index (κ2) is 8.04. The molecule has 1 saturated heterocycles. The summed E-state index contributed by atoms with van der Waals surface area (Å²) in [7, 11) is 0. The number of rotatable bonds is 5. The quantitative estimate of drug-likeness (QED) is 0.832. The number of nitrogens with one attached hydrogen (secondary N) is 1. The van der Waals surface area contributed by atoms with E-state index in [1.165, 1.54) is 19.3 Å². The Morgan fingerprint density at radius 1 is 1.19 bits per heavy atom. The van der Waals surface area contributed by atoms with Crippen LogP contribution in [-0.2, 0) is 9.59 Å². The first kappa shape index (κ1) is 19.9. The fourth-order valence-corrected chi connectivity index (χ4v) is 4.61. The average molecular weight is 371 g/mol. The van der Waals surface area contributed by atoms with Gasteiger partial charge >= 0.3 is 0 Å². The minimum absolute atomic E-state index is 0.0534. The lowest BCUT2D eigenvalue weighted by molar-refractivity contribution is -0.127. The van der Waals surface area contributed by atoms with Crippen LogP contribution in [-0.4, -0.2) is 24.4 Å². The summed E-state index contributed by atoms with van der Waals surface area (Å²) in [5.41, 5.74) is 2.39. The topological polar surface area (TPSA) is 49.4 Å². The molecule has 1 aromatic rings. The van der Waals surface area contributed by atoms with Crippen LogP contribution < -0.4 is 10.2 Å². The lowest BCUT2D eigenvalue weighted by Crippen LogP contribution is -2.43. The van der Waals surface area contributed by atoms with Crippen LogP contribution in [0.1, 0.15) is 64.9 Å². The fraction of sp³-hybridized carbons (Fsp3) is 0.652. The molecule has 1 saturated carbocycles. The number of benzene rings is 1. The zero-order valence-corrected chi connectivity index (χ0v) is 17.3. The molecule has 0 aromatic heterocycles. The first-order valence-corrected chi connectivity index (χ1v) is 10.5. The largest absolute Gasteiger partial charge is 0.353 e. The normalized spacial score (nSPS) is 26.3. The molecular weight excluding hydrogens is 336 g/mol. The van der Waals surface area contributed by atoms with Crippen molar-refractivity contribution in [2.75, 3.05) is 11.4 Å². The van der Waals surface area contributed by atoms with Crippen molar-refractivity contribution in [3.63, 3.8) is 0 Å². The van der Waals surface area contributed by atoms with E-state index in [1.807, 2.05) is 31.2 Å². The van der Waals surface area contributed by atoms with Gasteiger partial charge in [-0.1, -0.05) is 45.4 Å². The predicted octanol–water partition coefficient (Wildman–Crippen LogP) is 4.46. The Morgan fingerprint density at radius 2 is 1.85 bits per heavy atom. The van der Waals surface area contributed by atoms with E-state index in [9.17, 15) is 9.59 Å². The van der Waals surface area contributed by atoms with Gasteiger partial charge in [0.05, 0.1) is 5.92 Å².